The van der Waals surface area contributed by atoms with E-state index in [2.05, 4.69) is 20.7 Å². The lowest BCUT2D eigenvalue weighted by atomic mass is 10.1. The predicted molar refractivity (Wildman–Crippen MR) is 110 cm³/mol. The molecule has 2 aromatic heterocycles. The number of rotatable bonds is 5. The van der Waals surface area contributed by atoms with Crippen molar-refractivity contribution in [3.63, 3.8) is 0 Å². The molecule has 6 heteroatoms. The van der Waals surface area contributed by atoms with Gasteiger partial charge in [0.15, 0.2) is 0 Å². The lowest BCUT2D eigenvalue weighted by Gasteiger charge is -2.11. The molecule has 27 heavy (non-hydrogen) atoms. The van der Waals surface area contributed by atoms with Gasteiger partial charge in [-0.1, -0.05) is 18.2 Å². The average Bonchev–Trinajstić information content (AvgIpc) is 3.10. The van der Waals surface area contributed by atoms with Gasteiger partial charge < -0.3 is 15.2 Å². The van der Waals surface area contributed by atoms with Crippen molar-refractivity contribution >= 4 is 33.1 Å². The van der Waals surface area contributed by atoms with Crippen LogP contribution in [0.25, 0.3) is 21.3 Å². The third kappa shape index (κ3) is 3.44. The van der Waals surface area contributed by atoms with Crippen LogP contribution in [0.1, 0.15) is 12.5 Å². The molecular formula is C21H19N3O2S. The van der Waals surface area contributed by atoms with E-state index in [1.54, 1.807) is 17.4 Å². The number of nitrogens with one attached hydrogen (secondary N) is 1. The number of thiophene rings is 1. The third-order valence-electron chi connectivity index (χ3n) is 4.25. The largest absolute Gasteiger partial charge is 0.506 e. The zero-order valence-corrected chi connectivity index (χ0v) is 15.9. The summed E-state index contributed by atoms with van der Waals surface area (Å²) in [6.45, 7) is 4.55. The third-order valence-corrected chi connectivity index (χ3v) is 5.14. The Balaban J connectivity index is 1.77. The number of aromatic hydroxyl groups is 1. The maximum Gasteiger partial charge on any atom is 0.143 e. The lowest BCUT2D eigenvalue weighted by molar-refractivity contribution is 0.340. The van der Waals surface area contributed by atoms with Crippen LogP contribution in [0.15, 0.2) is 54.2 Å². The minimum absolute atomic E-state index is 0.194. The Labute approximate surface area is 161 Å². The van der Waals surface area contributed by atoms with Crippen LogP contribution in [0.3, 0.4) is 0 Å². The highest BCUT2D eigenvalue weighted by Crippen LogP contribution is 2.39. The SMILES string of the molecule is CCOc1ccc(-c2csc3ncnc(Nc4ccc(C)cc4O)c23)cc1. The molecular weight excluding hydrogens is 358 g/mol. The molecule has 0 unspecified atom stereocenters. The summed E-state index contributed by atoms with van der Waals surface area (Å²) in [7, 11) is 0. The molecule has 0 bridgehead atoms. The number of aromatic nitrogens is 2. The Kier molecular flexibility index (Phi) is 4.64. The van der Waals surface area contributed by atoms with E-state index in [9.17, 15) is 5.11 Å². The van der Waals surface area contributed by atoms with Crippen LogP contribution in [0.4, 0.5) is 11.5 Å². The fourth-order valence-corrected chi connectivity index (χ4v) is 3.87. The Morgan fingerprint density at radius 2 is 1.93 bits per heavy atom. The van der Waals surface area contributed by atoms with Gasteiger partial charge in [-0.05, 0) is 49.2 Å². The fourth-order valence-electron chi connectivity index (χ4n) is 2.95. The maximum absolute atomic E-state index is 10.2. The van der Waals surface area contributed by atoms with Crippen LogP contribution in [-0.2, 0) is 0 Å². The Bertz CT molecular complexity index is 1090. The zero-order valence-electron chi connectivity index (χ0n) is 15.1. The quantitative estimate of drug-likeness (QED) is 0.449. The number of aryl methyl sites for hydroxylation is 1. The summed E-state index contributed by atoms with van der Waals surface area (Å²) in [5.74, 6) is 1.71. The van der Waals surface area contributed by atoms with E-state index in [1.165, 1.54) is 6.33 Å². The van der Waals surface area contributed by atoms with Crippen LogP contribution in [0, 0.1) is 6.92 Å². The van der Waals surface area contributed by atoms with Crippen LogP contribution in [0.5, 0.6) is 11.5 Å². The van der Waals surface area contributed by atoms with Gasteiger partial charge >= 0.3 is 0 Å². The van der Waals surface area contributed by atoms with Gasteiger partial charge in [0.1, 0.15) is 28.5 Å². The summed E-state index contributed by atoms with van der Waals surface area (Å²) < 4.78 is 5.53. The second kappa shape index (κ2) is 7.25. The minimum Gasteiger partial charge on any atom is -0.506 e. The van der Waals surface area contributed by atoms with E-state index >= 15 is 0 Å². The molecule has 0 atom stereocenters. The van der Waals surface area contributed by atoms with E-state index < -0.39 is 0 Å². The van der Waals surface area contributed by atoms with Gasteiger partial charge in [0.05, 0.1) is 17.7 Å². The summed E-state index contributed by atoms with van der Waals surface area (Å²) >= 11 is 1.57. The van der Waals surface area contributed by atoms with E-state index in [-0.39, 0.29) is 5.75 Å². The monoisotopic (exact) mass is 377 g/mol. The van der Waals surface area contributed by atoms with E-state index in [0.29, 0.717) is 18.1 Å². The zero-order chi connectivity index (χ0) is 18.8. The number of hydrogen-bond donors (Lipinski definition) is 2. The standard InChI is InChI=1S/C21H19N3O2S/c1-3-26-15-7-5-14(6-8-15)16-11-27-21-19(16)20(22-12-23-21)24-17-9-4-13(2)10-18(17)25/h4-12,25H,3H2,1-2H3,(H,22,23,24). The molecule has 0 saturated heterocycles. The predicted octanol–water partition coefficient (Wildman–Crippen LogP) is 5.51. The molecule has 0 aliphatic rings. The van der Waals surface area contributed by atoms with Gasteiger partial charge in [-0.25, -0.2) is 9.97 Å². The molecule has 0 spiro atoms. The number of hydrogen-bond acceptors (Lipinski definition) is 6. The van der Waals surface area contributed by atoms with Crippen molar-refractivity contribution in [1.29, 1.82) is 0 Å². The first kappa shape index (κ1) is 17.3. The number of phenolic OH excluding ortho intramolecular Hbond substituents is 1. The first-order valence-electron chi connectivity index (χ1n) is 8.68. The van der Waals surface area contributed by atoms with Gasteiger partial charge in [-0.15, -0.1) is 11.3 Å². The second-order valence-electron chi connectivity index (χ2n) is 6.15. The molecule has 0 saturated carbocycles. The van der Waals surface area contributed by atoms with Crippen molar-refractivity contribution in [3.8, 4) is 22.6 Å². The van der Waals surface area contributed by atoms with Crippen LogP contribution in [-0.4, -0.2) is 21.7 Å². The maximum atomic E-state index is 10.2. The first-order valence-corrected chi connectivity index (χ1v) is 9.55. The highest BCUT2D eigenvalue weighted by atomic mass is 32.1. The van der Waals surface area contributed by atoms with Crippen molar-refractivity contribution in [1.82, 2.24) is 9.97 Å². The van der Waals surface area contributed by atoms with E-state index in [4.69, 9.17) is 4.74 Å². The van der Waals surface area contributed by atoms with Crippen LogP contribution < -0.4 is 10.1 Å². The van der Waals surface area contributed by atoms with Crippen molar-refractivity contribution < 1.29 is 9.84 Å². The molecule has 4 aromatic rings. The molecule has 136 valence electrons. The number of phenols is 1. The highest BCUT2D eigenvalue weighted by molar-refractivity contribution is 7.17. The van der Waals surface area contributed by atoms with Gasteiger partial charge in [-0.2, -0.15) is 0 Å². The number of anilines is 2. The van der Waals surface area contributed by atoms with Crippen molar-refractivity contribution in [3.05, 3.63) is 59.7 Å². The Morgan fingerprint density at radius 1 is 1.11 bits per heavy atom. The van der Waals surface area contributed by atoms with Crippen molar-refractivity contribution in [2.75, 3.05) is 11.9 Å². The molecule has 0 fully saturated rings. The molecule has 2 N–H and O–H groups in total. The summed E-state index contributed by atoms with van der Waals surface area (Å²) in [5.41, 5.74) is 3.73. The summed E-state index contributed by atoms with van der Waals surface area (Å²) in [6.07, 6.45) is 1.54. The molecule has 0 radical (unpaired) electrons. The number of benzene rings is 2. The first-order chi connectivity index (χ1) is 13.2. The van der Waals surface area contributed by atoms with Crippen LogP contribution in [0.2, 0.25) is 0 Å². The Morgan fingerprint density at radius 3 is 2.67 bits per heavy atom. The normalized spacial score (nSPS) is 10.9. The second-order valence-corrected chi connectivity index (χ2v) is 7.01. The topological polar surface area (TPSA) is 67.3 Å². The van der Waals surface area contributed by atoms with Crippen LogP contribution >= 0.6 is 11.3 Å². The molecule has 0 aliphatic carbocycles. The van der Waals surface area contributed by atoms with E-state index in [1.807, 2.05) is 50.2 Å². The number of nitrogens with zero attached hydrogens (tertiary/aromatic N) is 2. The molecule has 5 nitrogen and oxygen atoms in total. The average molecular weight is 377 g/mol. The molecule has 0 aliphatic heterocycles. The minimum atomic E-state index is 0.194. The fraction of sp³-hybridized carbons (Fsp3) is 0.143. The lowest BCUT2D eigenvalue weighted by Crippen LogP contribution is -1.96. The number of fused-ring (bicyclic) bond motifs is 1. The summed E-state index contributed by atoms with van der Waals surface area (Å²) in [6, 6.07) is 13.5. The molecule has 2 heterocycles. The Hall–Kier alpha value is -3.12. The van der Waals surface area contributed by atoms with Gasteiger partial charge in [0.2, 0.25) is 0 Å². The molecule has 4 rings (SSSR count). The molecule has 0 amide bonds. The van der Waals surface area contributed by atoms with Gasteiger partial charge in [0.25, 0.3) is 0 Å². The van der Waals surface area contributed by atoms with Gasteiger partial charge in [-0.3, -0.25) is 0 Å². The smallest absolute Gasteiger partial charge is 0.143 e. The number of ether oxygens (including phenoxy) is 1. The van der Waals surface area contributed by atoms with Gasteiger partial charge in [0, 0.05) is 10.9 Å². The summed E-state index contributed by atoms with van der Waals surface area (Å²) in [5, 5.41) is 16.5. The van der Waals surface area contributed by atoms with E-state index in [0.717, 1.165) is 32.7 Å². The summed E-state index contributed by atoms with van der Waals surface area (Å²) in [4.78, 5) is 9.70. The highest BCUT2D eigenvalue weighted by Gasteiger charge is 2.14. The van der Waals surface area contributed by atoms with Crippen molar-refractivity contribution in [2.45, 2.75) is 13.8 Å². The van der Waals surface area contributed by atoms with Crippen molar-refractivity contribution in [2.24, 2.45) is 0 Å². The molecule has 2 aromatic carbocycles.